The molecule has 3 aromatic rings. The second kappa shape index (κ2) is 8.20. The average molecular weight is 503 g/mol. The maximum absolute atomic E-state index is 14.3. The second-order valence-corrected chi connectivity index (χ2v) is 11.4. The molecule has 0 bridgehead atoms. The normalized spacial score (nSPS) is 21.2. The van der Waals surface area contributed by atoms with Crippen LogP contribution in [-0.2, 0) is 29.4 Å². The lowest BCUT2D eigenvalue weighted by molar-refractivity contribution is -0.115. The number of furan rings is 1. The summed E-state index contributed by atoms with van der Waals surface area (Å²) < 4.78 is 64.7. The first-order valence-corrected chi connectivity index (χ1v) is 13.1. The molecule has 2 atom stereocenters. The van der Waals surface area contributed by atoms with Gasteiger partial charge in [0.25, 0.3) is 0 Å². The fraction of sp³-hybridized carbons (Fsp3) is 0.174. The Balaban J connectivity index is 2.08. The molecule has 0 saturated heterocycles. The van der Waals surface area contributed by atoms with Crippen LogP contribution in [0.4, 0.5) is 0 Å². The van der Waals surface area contributed by atoms with E-state index >= 15 is 0 Å². The molecule has 4 rings (SSSR count). The monoisotopic (exact) mass is 502 g/mol. The van der Waals surface area contributed by atoms with Gasteiger partial charge in [-0.15, -0.1) is 0 Å². The molecule has 178 valence electrons. The zero-order valence-electron chi connectivity index (χ0n) is 18.3. The molecule has 11 heteroatoms. The molecule has 0 radical (unpaired) electrons. The van der Waals surface area contributed by atoms with Crippen molar-refractivity contribution in [1.82, 2.24) is 0 Å². The number of amides is 1. The van der Waals surface area contributed by atoms with Crippen LogP contribution in [0.1, 0.15) is 12.7 Å². The van der Waals surface area contributed by atoms with Crippen LogP contribution in [0.25, 0.3) is 16.5 Å². The Morgan fingerprint density at radius 1 is 1.00 bits per heavy atom. The summed E-state index contributed by atoms with van der Waals surface area (Å²) in [4.78, 5) is 8.74. The van der Waals surface area contributed by atoms with E-state index in [2.05, 4.69) is 0 Å². The number of benzene rings is 2. The van der Waals surface area contributed by atoms with Crippen LogP contribution >= 0.6 is 0 Å². The van der Waals surface area contributed by atoms with Crippen molar-refractivity contribution in [3.8, 4) is 0 Å². The third-order valence-corrected chi connectivity index (χ3v) is 9.54. The van der Waals surface area contributed by atoms with Gasteiger partial charge in [-0.1, -0.05) is 49.4 Å². The number of allylic oxidation sites excluding steroid dienone is 2. The number of carbonyl (C=O) groups excluding carboxylic acids is 1. The molecule has 1 heterocycles. The first-order valence-electron chi connectivity index (χ1n) is 10.1. The van der Waals surface area contributed by atoms with E-state index in [4.69, 9.17) is 20.0 Å². The number of hydrogen-bond acceptors (Lipinski definition) is 7. The maximum Gasteiger partial charge on any atom is 0.245 e. The van der Waals surface area contributed by atoms with Gasteiger partial charge in [-0.3, -0.25) is 4.79 Å². The molecule has 9 nitrogen and oxygen atoms in total. The van der Waals surface area contributed by atoms with Gasteiger partial charge in [-0.2, -0.15) is 0 Å². The Kier molecular flexibility index (Phi) is 5.76. The lowest BCUT2D eigenvalue weighted by Gasteiger charge is -2.41. The Morgan fingerprint density at radius 2 is 1.62 bits per heavy atom. The fourth-order valence-corrected chi connectivity index (χ4v) is 7.86. The number of primary amides is 1. The molecule has 4 N–H and O–H groups in total. The summed E-state index contributed by atoms with van der Waals surface area (Å²) >= 11 is 0. The number of fused-ring (bicyclic) bond motifs is 1. The van der Waals surface area contributed by atoms with E-state index in [-0.39, 0.29) is 16.9 Å². The van der Waals surface area contributed by atoms with Gasteiger partial charge in [0.05, 0.1) is 4.90 Å². The van der Waals surface area contributed by atoms with Crippen molar-refractivity contribution in [1.29, 1.82) is 0 Å². The zero-order valence-corrected chi connectivity index (χ0v) is 19.9. The summed E-state index contributed by atoms with van der Waals surface area (Å²) in [6.45, 7) is 1.47. The third-order valence-electron chi connectivity index (χ3n) is 5.96. The van der Waals surface area contributed by atoms with E-state index in [0.29, 0.717) is 11.0 Å². The zero-order chi connectivity index (χ0) is 24.9. The van der Waals surface area contributed by atoms with Crippen LogP contribution in [0.15, 0.2) is 86.5 Å². The lowest BCUT2D eigenvalue weighted by Crippen LogP contribution is -2.51. The molecular formula is C23H22N2O7S2. The van der Waals surface area contributed by atoms with Gasteiger partial charge in [0.1, 0.15) is 16.2 Å². The molecule has 1 aliphatic rings. The predicted octanol–water partition coefficient (Wildman–Crippen LogP) is 2.34. The van der Waals surface area contributed by atoms with Crippen LogP contribution in [0, 0.1) is 5.92 Å². The SMILES string of the molecule is COC1(S(=O)(=O)c2ccccc2S(N)(=O)=O)C(c2cc3ccccc3o2)=CC=C(C(N)=O)C1C. The van der Waals surface area contributed by atoms with Crippen molar-refractivity contribution >= 4 is 42.3 Å². The van der Waals surface area contributed by atoms with Crippen LogP contribution in [0.2, 0.25) is 0 Å². The van der Waals surface area contributed by atoms with Gasteiger partial charge in [0, 0.05) is 29.6 Å². The summed E-state index contributed by atoms with van der Waals surface area (Å²) in [7, 11) is -7.96. The Morgan fingerprint density at radius 3 is 2.21 bits per heavy atom. The smallest absolute Gasteiger partial charge is 0.245 e. The molecule has 1 aromatic heterocycles. The van der Waals surface area contributed by atoms with Crippen LogP contribution in [0.3, 0.4) is 0 Å². The molecule has 0 aliphatic heterocycles. The molecular weight excluding hydrogens is 480 g/mol. The number of para-hydroxylation sites is 1. The van der Waals surface area contributed by atoms with Crippen molar-refractivity contribution in [2.24, 2.45) is 16.8 Å². The van der Waals surface area contributed by atoms with E-state index in [1.807, 2.05) is 0 Å². The van der Waals surface area contributed by atoms with Crippen molar-refractivity contribution in [3.63, 3.8) is 0 Å². The number of hydrogen-bond donors (Lipinski definition) is 2. The van der Waals surface area contributed by atoms with Gasteiger partial charge in [-0.25, -0.2) is 22.0 Å². The number of carbonyl (C=O) groups is 1. The van der Waals surface area contributed by atoms with Gasteiger partial charge in [0.15, 0.2) is 0 Å². The van der Waals surface area contributed by atoms with Crippen molar-refractivity contribution in [2.45, 2.75) is 21.6 Å². The topological polar surface area (TPSA) is 160 Å². The average Bonchev–Trinajstić information content (AvgIpc) is 3.22. The number of ether oxygens (including phenoxy) is 1. The van der Waals surface area contributed by atoms with Crippen LogP contribution in [-0.4, -0.2) is 34.8 Å². The van der Waals surface area contributed by atoms with Gasteiger partial charge in [0.2, 0.25) is 30.7 Å². The quantitative estimate of drug-likeness (QED) is 0.523. The Hall–Kier alpha value is -3.25. The molecule has 0 saturated carbocycles. The Bertz CT molecular complexity index is 1550. The number of primary sulfonamides is 1. The second-order valence-electron chi connectivity index (χ2n) is 7.80. The molecule has 1 amide bonds. The van der Waals surface area contributed by atoms with E-state index < -0.39 is 46.4 Å². The molecule has 0 spiro atoms. The molecule has 34 heavy (non-hydrogen) atoms. The van der Waals surface area contributed by atoms with Crippen molar-refractivity contribution in [2.75, 3.05) is 7.11 Å². The van der Waals surface area contributed by atoms with E-state index in [0.717, 1.165) is 19.2 Å². The minimum absolute atomic E-state index is 0.0154. The molecule has 1 aliphatic carbocycles. The largest absolute Gasteiger partial charge is 0.456 e. The highest BCUT2D eigenvalue weighted by atomic mass is 32.2. The van der Waals surface area contributed by atoms with Crippen LogP contribution < -0.4 is 10.9 Å². The number of nitrogens with two attached hydrogens (primary N) is 2. The lowest BCUT2D eigenvalue weighted by atomic mass is 9.83. The summed E-state index contributed by atoms with van der Waals surface area (Å²) in [5, 5.41) is 6.03. The third kappa shape index (κ3) is 3.48. The maximum atomic E-state index is 14.3. The Labute approximate surface area is 196 Å². The van der Waals surface area contributed by atoms with Crippen molar-refractivity contribution < 1.29 is 30.8 Å². The standard InChI is InChI=1S/C23H22N2O7S2/c1-14-16(22(24)26)11-12-17(19-13-15-7-3-4-8-18(15)32-19)23(14,31-2)33(27,28)20-9-5-6-10-21(20)34(25,29)30/h3-14H,1-2H3,(H2,24,26)(H2,25,29,30). The highest BCUT2D eigenvalue weighted by Gasteiger charge is 2.57. The summed E-state index contributed by atoms with van der Waals surface area (Å²) in [5.41, 5.74) is 6.10. The highest BCUT2D eigenvalue weighted by molar-refractivity contribution is 7.94. The number of sulfone groups is 1. The van der Waals surface area contributed by atoms with Crippen molar-refractivity contribution in [3.05, 3.63) is 78.1 Å². The first-order chi connectivity index (χ1) is 15.9. The fourth-order valence-electron chi connectivity index (χ4n) is 4.38. The summed E-state index contributed by atoms with van der Waals surface area (Å²) in [6.07, 6.45) is 2.80. The van der Waals surface area contributed by atoms with Gasteiger partial charge < -0.3 is 14.9 Å². The minimum atomic E-state index is -4.70. The number of methoxy groups -OCH3 is 1. The first kappa shape index (κ1) is 23.9. The van der Waals surface area contributed by atoms with E-state index in [1.165, 1.54) is 31.2 Å². The number of sulfonamides is 1. The van der Waals surface area contributed by atoms with E-state index in [9.17, 15) is 21.6 Å². The highest BCUT2D eigenvalue weighted by Crippen LogP contribution is 2.50. The molecule has 2 aromatic carbocycles. The van der Waals surface area contributed by atoms with Gasteiger partial charge in [-0.05, 0) is 24.3 Å². The molecule has 0 fully saturated rings. The van der Waals surface area contributed by atoms with Crippen LogP contribution in [0.5, 0.6) is 0 Å². The van der Waals surface area contributed by atoms with E-state index in [1.54, 1.807) is 30.3 Å². The predicted molar refractivity (Wildman–Crippen MR) is 125 cm³/mol. The minimum Gasteiger partial charge on any atom is -0.456 e. The molecule has 2 unspecified atom stereocenters. The summed E-state index contributed by atoms with van der Waals surface area (Å²) in [6, 6.07) is 13.7. The number of rotatable bonds is 6. The van der Waals surface area contributed by atoms with Gasteiger partial charge >= 0.3 is 0 Å². The summed E-state index contributed by atoms with van der Waals surface area (Å²) in [5.74, 6) is -1.81.